The second-order valence-electron chi connectivity index (χ2n) is 8.36. The Bertz CT molecular complexity index is 1130. The smallest absolute Gasteiger partial charge is 0.161 e. The molecule has 0 radical (unpaired) electrons. The fourth-order valence-corrected chi connectivity index (χ4v) is 4.91. The Hall–Kier alpha value is -2.70. The summed E-state index contributed by atoms with van der Waals surface area (Å²) in [6.07, 6.45) is 2.92. The van der Waals surface area contributed by atoms with Crippen LogP contribution in [-0.4, -0.2) is 51.5 Å². The van der Waals surface area contributed by atoms with Crippen LogP contribution in [0.4, 0.5) is 0 Å². The molecule has 0 saturated carbocycles. The molecular weight excluding hydrogens is 406 g/mol. The number of unbranched alkanes of at least 4 members (excludes halogenated alkanes) is 2. The molecule has 1 aliphatic rings. The molecule has 1 atom stereocenters. The zero-order valence-corrected chi connectivity index (χ0v) is 19.7. The summed E-state index contributed by atoms with van der Waals surface area (Å²) in [6, 6.07) is 8.03. The number of β-amino-alcohol motifs (C(OH)–C–C–N with tert-alkyl or cyclic N) is 1. The molecule has 1 heterocycles. The van der Waals surface area contributed by atoms with Gasteiger partial charge in [0.25, 0.3) is 0 Å². The first-order valence-electron chi connectivity index (χ1n) is 11.2. The van der Waals surface area contributed by atoms with Gasteiger partial charge in [-0.05, 0) is 69.9 Å². The van der Waals surface area contributed by atoms with Gasteiger partial charge < -0.3 is 24.1 Å². The lowest BCUT2D eigenvalue weighted by molar-refractivity contribution is 0.0933. The standard InChI is InChI=1S/C26H33NO5/c1-6-7-8-9-27-14-20-18-12-24(31-4)22(29-2)10-16(18)17-11-23(30-3)25(32-5)13-19(17)26(20)21(28)15-27/h10-13,21,28H,6-9,14-15H2,1-5H3. The minimum atomic E-state index is -0.585. The van der Waals surface area contributed by atoms with E-state index < -0.39 is 6.10 Å². The van der Waals surface area contributed by atoms with Gasteiger partial charge in [0.1, 0.15) is 0 Å². The number of aliphatic hydroxyl groups is 1. The Morgan fingerprint density at radius 2 is 1.28 bits per heavy atom. The number of hydrogen-bond donors (Lipinski definition) is 1. The second kappa shape index (κ2) is 9.43. The van der Waals surface area contributed by atoms with Crippen LogP contribution in [0, 0.1) is 0 Å². The van der Waals surface area contributed by atoms with E-state index in [1.54, 1.807) is 28.4 Å². The van der Waals surface area contributed by atoms with Crippen LogP contribution in [0.15, 0.2) is 24.3 Å². The summed E-state index contributed by atoms with van der Waals surface area (Å²) in [5.41, 5.74) is 2.10. The van der Waals surface area contributed by atoms with Gasteiger partial charge in [0.05, 0.1) is 34.5 Å². The highest BCUT2D eigenvalue weighted by molar-refractivity contribution is 6.13. The van der Waals surface area contributed by atoms with Crippen molar-refractivity contribution in [2.24, 2.45) is 0 Å². The molecule has 0 aromatic heterocycles. The zero-order valence-electron chi connectivity index (χ0n) is 19.7. The third-order valence-electron chi connectivity index (χ3n) is 6.50. The average molecular weight is 440 g/mol. The average Bonchev–Trinajstić information content (AvgIpc) is 2.82. The molecule has 1 unspecified atom stereocenters. The van der Waals surface area contributed by atoms with E-state index in [9.17, 15) is 5.11 Å². The normalized spacial score (nSPS) is 16.2. The third-order valence-corrected chi connectivity index (χ3v) is 6.50. The van der Waals surface area contributed by atoms with Crippen LogP contribution in [0.25, 0.3) is 21.5 Å². The van der Waals surface area contributed by atoms with Gasteiger partial charge >= 0.3 is 0 Å². The number of hydrogen-bond acceptors (Lipinski definition) is 6. The first-order chi connectivity index (χ1) is 15.6. The summed E-state index contributed by atoms with van der Waals surface area (Å²) in [5, 5.41) is 15.4. The molecule has 0 bridgehead atoms. The van der Waals surface area contributed by atoms with Crippen molar-refractivity contribution in [1.29, 1.82) is 0 Å². The van der Waals surface area contributed by atoms with Crippen molar-refractivity contribution in [2.75, 3.05) is 41.5 Å². The number of ether oxygens (including phenoxy) is 4. The number of benzene rings is 3. The Morgan fingerprint density at radius 3 is 1.81 bits per heavy atom. The maximum absolute atomic E-state index is 11.3. The van der Waals surface area contributed by atoms with Crippen molar-refractivity contribution in [3.8, 4) is 23.0 Å². The molecule has 4 rings (SSSR count). The Morgan fingerprint density at radius 1 is 0.781 bits per heavy atom. The van der Waals surface area contributed by atoms with E-state index in [1.807, 2.05) is 24.3 Å². The maximum Gasteiger partial charge on any atom is 0.161 e. The van der Waals surface area contributed by atoms with Crippen molar-refractivity contribution in [2.45, 2.75) is 38.8 Å². The molecule has 1 aliphatic heterocycles. The van der Waals surface area contributed by atoms with Gasteiger partial charge in [-0.25, -0.2) is 0 Å². The Balaban J connectivity index is 2.02. The number of rotatable bonds is 8. The molecule has 1 N–H and O–H groups in total. The highest BCUT2D eigenvalue weighted by Crippen LogP contribution is 2.46. The molecule has 172 valence electrons. The highest BCUT2D eigenvalue weighted by Gasteiger charge is 2.29. The van der Waals surface area contributed by atoms with Gasteiger partial charge in [0.15, 0.2) is 23.0 Å². The SMILES string of the molecule is CCCCCN1Cc2c(c3cc(OC)c(OC)cc3c3cc(OC)c(OC)cc23)C(O)C1. The van der Waals surface area contributed by atoms with Crippen LogP contribution in [0.2, 0.25) is 0 Å². The summed E-state index contributed by atoms with van der Waals surface area (Å²) in [6.45, 7) is 4.59. The lowest BCUT2D eigenvalue weighted by Crippen LogP contribution is -2.34. The maximum atomic E-state index is 11.3. The second-order valence-corrected chi connectivity index (χ2v) is 8.36. The molecule has 3 aromatic carbocycles. The van der Waals surface area contributed by atoms with E-state index in [0.29, 0.717) is 29.5 Å². The number of fused-ring (bicyclic) bond motifs is 6. The van der Waals surface area contributed by atoms with Gasteiger partial charge in [-0.1, -0.05) is 19.8 Å². The number of methoxy groups -OCH3 is 4. The van der Waals surface area contributed by atoms with Crippen LogP contribution in [0.1, 0.15) is 43.4 Å². The lowest BCUT2D eigenvalue weighted by atomic mass is 9.86. The molecular formula is C26H33NO5. The minimum Gasteiger partial charge on any atom is -0.493 e. The fraction of sp³-hybridized carbons (Fsp3) is 0.462. The molecule has 32 heavy (non-hydrogen) atoms. The molecule has 0 saturated heterocycles. The molecule has 6 heteroatoms. The van der Waals surface area contributed by atoms with Crippen LogP contribution in [-0.2, 0) is 6.54 Å². The van der Waals surface area contributed by atoms with Crippen molar-refractivity contribution in [1.82, 2.24) is 4.90 Å². The van der Waals surface area contributed by atoms with Gasteiger partial charge in [0, 0.05) is 13.1 Å². The predicted octanol–water partition coefficient (Wildman–Crippen LogP) is 5.07. The van der Waals surface area contributed by atoms with E-state index in [2.05, 4.69) is 11.8 Å². The first kappa shape index (κ1) is 22.5. The quantitative estimate of drug-likeness (QED) is 0.391. The van der Waals surface area contributed by atoms with Crippen LogP contribution < -0.4 is 18.9 Å². The molecule has 3 aromatic rings. The molecule has 0 amide bonds. The van der Waals surface area contributed by atoms with Gasteiger partial charge in [-0.15, -0.1) is 0 Å². The Kier molecular flexibility index (Phi) is 6.63. The number of aliphatic hydroxyl groups excluding tert-OH is 1. The van der Waals surface area contributed by atoms with Gasteiger partial charge in [-0.3, -0.25) is 4.90 Å². The molecule has 6 nitrogen and oxygen atoms in total. The van der Waals surface area contributed by atoms with E-state index >= 15 is 0 Å². The Labute approximate surface area is 189 Å². The third kappa shape index (κ3) is 3.82. The number of nitrogens with zero attached hydrogens (tertiary/aromatic N) is 1. The van der Waals surface area contributed by atoms with Crippen molar-refractivity contribution >= 4 is 21.5 Å². The minimum absolute atomic E-state index is 0.585. The van der Waals surface area contributed by atoms with Crippen molar-refractivity contribution in [3.05, 3.63) is 35.4 Å². The zero-order chi connectivity index (χ0) is 22.8. The predicted molar refractivity (Wildman–Crippen MR) is 127 cm³/mol. The largest absolute Gasteiger partial charge is 0.493 e. The molecule has 0 spiro atoms. The van der Waals surface area contributed by atoms with E-state index in [4.69, 9.17) is 18.9 Å². The van der Waals surface area contributed by atoms with E-state index in [1.165, 1.54) is 12.8 Å². The summed E-state index contributed by atoms with van der Waals surface area (Å²) >= 11 is 0. The molecule has 0 aliphatic carbocycles. The summed E-state index contributed by atoms with van der Waals surface area (Å²) in [4.78, 5) is 2.35. The summed E-state index contributed by atoms with van der Waals surface area (Å²) in [5.74, 6) is 2.66. The monoisotopic (exact) mass is 439 g/mol. The topological polar surface area (TPSA) is 60.4 Å². The van der Waals surface area contributed by atoms with Crippen LogP contribution in [0.3, 0.4) is 0 Å². The molecule has 0 fully saturated rings. The summed E-state index contributed by atoms with van der Waals surface area (Å²) in [7, 11) is 6.57. The van der Waals surface area contributed by atoms with Gasteiger partial charge in [0.2, 0.25) is 0 Å². The van der Waals surface area contributed by atoms with E-state index in [0.717, 1.165) is 52.2 Å². The first-order valence-corrected chi connectivity index (χ1v) is 11.2. The van der Waals surface area contributed by atoms with Crippen LogP contribution >= 0.6 is 0 Å². The van der Waals surface area contributed by atoms with Crippen LogP contribution in [0.5, 0.6) is 23.0 Å². The van der Waals surface area contributed by atoms with Crippen molar-refractivity contribution in [3.63, 3.8) is 0 Å². The fourth-order valence-electron chi connectivity index (χ4n) is 4.91. The van der Waals surface area contributed by atoms with Gasteiger partial charge in [-0.2, -0.15) is 0 Å². The van der Waals surface area contributed by atoms with Crippen molar-refractivity contribution < 1.29 is 24.1 Å². The lowest BCUT2D eigenvalue weighted by Gasteiger charge is -2.34. The highest BCUT2D eigenvalue weighted by atomic mass is 16.5. The van der Waals surface area contributed by atoms with E-state index in [-0.39, 0.29) is 0 Å². The summed E-state index contributed by atoms with van der Waals surface area (Å²) < 4.78 is 22.4.